The second-order valence-corrected chi connectivity index (χ2v) is 8.98. The molecule has 7 heteroatoms. The fourth-order valence-corrected chi connectivity index (χ4v) is 3.30. The summed E-state index contributed by atoms with van der Waals surface area (Å²) in [6.45, 7) is 13.3. The van der Waals surface area contributed by atoms with Gasteiger partial charge in [-0.25, -0.2) is 13.6 Å². The number of aromatic nitrogens is 3. The number of nitrogens with two attached hydrogens (primary N) is 1. The maximum Gasteiger partial charge on any atom is 0.273 e. The van der Waals surface area contributed by atoms with Crippen molar-refractivity contribution >= 4 is 10.0 Å². The van der Waals surface area contributed by atoms with Crippen LogP contribution in [0.2, 0.25) is 0 Å². The van der Waals surface area contributed by atoms with E-state index in [1.165, 1.54) is 0 Å². The lowest BCUT2D eigenvalue weighted by Gasteiger charge is -2.23. The van der Waals surface area contributed by atoms with E-state index in [0.29, 0.717) is 24.7 Å². The predicted octanol–water partition coefficient (Wildman–Crippen LogP) is 2.20. The molecule has 1 aromatic rings. The molecule has 0 amide bonds. The van der Waals surface area contributed by atoms with Gasteiger partial charge in [-0.2, -0.15) is 0 Å². The molecular weight excluding hydrogens is 288 g/mol. The van der Waals surface area contributed by atoms with Crippen LogP contribution in [0.4, 0.5) is 0 Å². The van der Waals surface area contributed by atoms with Crippen molar-refractivity contribution in [1.29, 1.82) is 0 Å². The monoisotopic (exact) mass is 316 g/mol. The van der Waals surface area contributed by atoms with Crippen LogP contribution in [0.5, 0.6) is 0 Å². The third-order valence-corrected chi connectivity index (χ3v) is 3.90. The summed E-state index contributed by atoms with van der Waals surface area (Å²) in [7, 11) is -3.84. The number of sulfonamides is 1. The fraction of sp³-hybridized carbons (Fsp3) is 0.857. The average molecular weight is 316 g/mol. The Bertz CT molecular complexity index is 570. The minimum absolute atomic E-state index is 0.130. The molecule has 122 valence electrons. The molecule has 0 saturated carbocycles. The molecule has 0 fully saturated rings. The number of hydrogen-bond acceptors (Lipinski definition) is 4. The number of nitrogens with zero attached hydrogens (tertiary/aromatic N) is 3. The Morgan fingerprint density at radius 2 is 1.76 bits per heavy atom. The van der Waals surface area contributed by atoms with Crippen molar-refractivity contribution in [2.75, 3.05) is 0 Å². The number of rotatable bonds is 6. The smallest absolute Gasteiger partial charge is 0.273 e. The molecule has 1 heterocycles. The van der Waals surface area contributed by atoms with E-state index in [9.17, 15) is 8.42 Å². The molecule has 1 unspecified atom stereocenters. The first kappa shape index (κ1) is 18.1. The molecule has 1 rings (SSSR count). The molecule has 0 saturated heterocycles. The van der Waals surface area contributed by atoms with E-state index >= 15 is 0 Å². The summed E-state index contributed by atoms with van der Waals surface area (Å²) >= 11 is 0. The molecule has 0 aromatic carbocycles. The van der Waals surface area contributed by atoms with Gasteiger partial charge in [-0.05, 0) is 23.7 Å². The topological polar surface area (TPSA) is 90.9 Å². The molecule has 21 heavy (non-hydrogen) atoms. The van der Waals surface area contributed by atoms with E-state index < -0.39 is 10.0 Å². The van der Waals surface area contributed by atoms with Gasteiger partial charge in [0.05, 0.1) is 0 Å². The molecule has 6 nitrogen and oxygen atoms in total. The molecule has 2 N–H and O–H groups in total. The highest BCUT2D eigenvalue weighted by molar-refractivity contribution is 7.89. The van der Waals surface area contributed by atoms with E-state index in [0.717, 1.165) is 6.42 Å². The van der Waals surface area contributed by atoms with Gasteiger partial charge in [0.1, 0.15) is 5.82 Å². The second kappa shape index (κ2) is 6.44. The van der Waals surface area contributed by atoms with Gasteiger partial charge in [-0.1, -0.05) is 41.5 Å². The van der Waals surface area contributed by atoms with Crippen molar-refractivity contribution in [2.24, 2.45) is 22.4 Å². The first-order valence-electron chi connectivity index (χ1n) is 7.35. The van der Waals surface area contributed by atoms with E-state index in [-0.39, 0.29) is 16.5 Å². The Labute approximate surface area is 128 Å². The average Bonchev–Trinajstić information content (AvgIpc) is 2.56. The van der Waals surface area contributed by atoms with Crippen LogP contribution in [0.3, 0.4) is 0 Å². The Morgan fingerprint density at radius 1 is 1.19 bits per heavy atom. The second-order valence-electron chi connectivity index (χ2n) is 7.52. The molecule has 1 aromatic heterocycles. The Kier molecular flexibility index (Phi) is 5.55. The third kappa shape index (κ3) is 5.74. The van der Waals surface area contributed by atoms with Crippen molar-refractivity contribution in [3.63, 3.8) is 0 Å². The molecule has 0 bridgehead atoms. The van der Waals surface area contributed by atoms with Crippen LogP contribution in [-0.2, 0) is 23.0 Å². The standard InChI is InChI=1S/C14H28N4O2S/c1-10(2)9-18-12(7-11(3)8-14(4,5)6)16-17-13(18)21(15,19)20/h10-11H,7-9H2,1-6H3,(H2,15,19,20). The first-order chi connectivity index (χ1) is 9.40. The Hall–Kier alpha value is -0.950. The summed E-state index contributed by atoms with van der Waals surface area (Å²) < 4.78 is 24.9. The van der Waals surface area contributed by atoms with Gasteiger partial charge in [0.15, 0.2) is 0 Å². The van der Waals surface area contributed by atoms with Gasteiger partial charge >= 0.3 is 0 Å². The van der Waals surface area contributed by atoms with Gasteiger partial charge < -0.3 is 4.57 Å². The third-order valence-electron chi connectivity index (χ3n) is 3.09. The lowest BCUT2D eigenvalue weighted by Crippen LogP contribution is -2.22. The van der Waals surface area contributed by atoms with Crippen LogP contribution in [-0.4, -0.2) is 23.2 Å². The van der Waals surface area contributed by atoms with Crippen LogP contribution < -0.4 is 5.14 Å². The van der Waals surface area contributed by atoms with Gasteiger partial charge in [0.25, 0.3) is 15.2 Å². The fourth-order valence-electron chi connectivity index (χ4n) is 2.66. The van der Waals surface area contributed by atoms with Crippen molar-refractivity contribution in [3.8, 4) is 0 Å². The summed E-state index contributed by atoms with van der Waals surface area (Å²) in [6, 6.07) is 0. The van der Waals surface area contributed by atoms with Crippen LogP contribution in [0.15, 0.2) is 5.16 Å². The number of hydrogen-bond donors (Lipinski definition) is 1. The van der Waals surface area contributed by atoms with Gasteiger partial charge in [0.2, 0.25) is 0 Å². The zero-order valence-corrected chi connectivity index (χ0v) is 14.7. The minimum atomic E-state index is -3.84. The summed E-state index contributed by atoms with van der Waals surface area (Å²) in [6.07, 6.45) is 1.73. The summed E-state index contributed by atoms with van der Waals surface area (Å²) in [5.74, 6) is 1.39. The summed E-state index contributed by atoms with van der Waals surface area (Å²) in [5, 5.41) is 12.9. The van der Waals surface area contributed by atoms with Crippen LogP contribution in [0.25, 0.3) is 0 Å². The maximum atomic E-state index is 11.6. The largest absolute Gasteiger partial charge is 0.300 e. The minimum Gasteiger partial charge on any atom is -0.300 e. The van der Waals surface area contributed by atoms with E-state index in [1.54, 1.807) is 4.57 Å². The highest BCUT2D eigenvalue weighted by Gasteiger charge is 2.24. The highest BCUT2D eigenvalue weighted by atomic mass is 32.2. The molecular formula is C14H28N4O2S. The maximum absolute atomic E-state index is 11.6. The molecule has 1 atom stereocenters. The SMILES string of the molecule is CC(C)Cn1c(CC(C)CC(C)(C)C)nnc1S(N)(=O)=O. The van der Waals surface area contributed by atoms with E-state index in [1.807, 2.05) is 13.8 Å². The van der Waals surface area contributed by atoms with Crippen molar-refractivity contribution < 1.29 is 8.42 Å². The lowest BCUT2D eigenvalue weighted by molar-refractivity contribution is 0.300. The first-order valence-corrected chi connectivity index (χ1v) is 8.89. The van der Waals surface area contributed by atoms with Crippen molar-refractivity contribution in [2.45, 2.75) is 66.1 Å². The van der Waals surface area contributed by atoms with Crippen molar-refractivity contribution in [3.05, 3.63) is 5.82 Å². The van der Waals surface area contributed by atoms with Crippen molar-refractivity contribution in [1.82, 2.24) is 14.8 Å². The lowest BCUT2D eigenvalue weighted by atomic mass is 9.84. The molecule has 0 aliphatic carbocycles. The summed E-state index contributed by atoms with van der Waals surface area (Å²) in [5.41, 5.74) is 0.227. The van der Waals surface area contributed by atoms with Crippen LogP contribution in [0.1, 0.15) is 53.8 Å². The highest BCUT2D eigenvalue weighted by Crippen LogP contribution is 2.26. The molecule has 0 aliphatic rings. The normalized spacial score (nSPS) is 14.7. The zero-order valence-electron chi connectivity index (χ0n) is 13.9. The van der Waals surface area contributed by atoms with Gasteiger partial charge in [-0.15, -0.1) is 10.2 Å². The Morgan fingerprint density at radius 3 is 2.19 bits per heavy atom. The number of primary sulfonamides is 1. The molecule has 0 radical (unpaired) electrons. The molecule has 0 aliphatic heterocycles. The molecule has 0 spiro atoms. The van der Waals surface area contributed by atoms with E-state index in [2.05, 4.69) is 37.9 Å². The van der Waals surface area contributed by atoms with Crippen LogP contribution in [0, 0.1) is 17.3 Å². The Balaban J connectivity index is 3.05. The zero-order chi connectivity index (χ0) is 16.4. The van der Waals surface area contributed by atoms with E-state index in [4.69, 9.17) is 5.14 Å². The predicted molar refractivity (Wildman–Crippen MR) is 83.2 cm³/mol. The van der Waals surface area contributed by atoms with Crippen LogP contribution >= 0.6 is 0 Å². The quantitative estimate of drug-likeness (QED) is 0.871. The van der Waals surface area contributed by atoms with Gasteiger partial charge in [0, 0.05) is 13.0 Å². The summed E-state index contributed by atoms with van der Waals surface area (Å²) in [4.78, 5) is 0. The van der Waals surface area contributed by atoms with Gasteiger partial charge in [-0.3, -0.25) is 0 Å².